The predicted octanol–water partition coefficient (Wildman–Crippen LogP) is 3.09. The highest BCUT2D eigenvalue weighted by Crippen LogP contribution is 2.31. The molecule has 0 bridgehead atoms. The topological polar surface area (TPSA) is 30.5 Å². The Kier molecular flexibility index (Phi) is 4.16. The average Bonchev–Trinajstić information content (AvgIpc) is 2.37. The highest BCUT2D eigenvalue weighted by Gasteiger charge is 2.33. The van der Waals surface area contributed by atoms with Gasteiger partial charge in [0, 0.05) is 11.6 Å². The molecule has 2 atom stereocenters. The quantitative estimate of drug-likeness (QED) is 0.909. The van der Waals surface area contributed by atoms with Crippen molar-refractivity contribution in [2.75, 3.05) is 13.7 Å². The Morgan fingerprint density at radius 2 is 2.16 bits per heavy atom. The van der Waals surface area contributed by atoms with Crippen LogP contribution in [0.2, 0.25) is 0 Å². The second kappa shape index (κ2) is 5.51. The Balaban J connectivity index is 2.23. The van der Waals surface area contributed by atoms with E-state index in [1.165, 1.54) is 11.1 Å². The molecule has 3 heteroatoms. The summed E-state index contributed by atoms with van der Waals surface area (Å²) in [6, 6.07) is 6.67. The summed E-state index contributed by atoms with van der Waals surface area (Å²) in [6.07, 6.45) is 1.08. The van der Waals surface area contributed by atoms with Crippen LogP contribution in [-0.2, 0) is 11.2 Å². The fraction of sp³-hybridized carbons (Fsp3) is 0.625. The molecule has 106 valence electrons. The number of nitrogens with one attached hydrogen (secondary N) is 1. The number of rotatable bonds is 3. The standard InChI is InChI=1S/C16H25NO2/c1-6-12-9-13(7-8-14(12)18-5)15-11(2)17-16(3,4)10-19-15/h7-9,11,15,17H,6,10H2,1-5H3. The van der Waals surface area contributed by atoms with Crippen molar-refractivity contribution in [3.8, 4) is 5.75 Å². The molecule has 2 rings (SSSR count). The van der Waals surface area contributed by atoms with E-state index in [9.17, 15) is 0 Å². The van der Waals surface area contributed by atoms with Crippen LogP contribution in [0.25, 0.3) is 0 Å². The second-order valence-electron chi connectivity index (χ2n) is 5.97. The van der Waals surface area contributed by atoms with E-state index in [2.05, 4.69) is 45.1 Å². The Morgan fingerprint density at radius 3 is 2.74 bits per heavy atom. The van der Waals surface area contributed by atoms with Crippen molar-refractivity contribution in [1.29, 1.82) is 0 Å². The number of morpholine rings is 1. The third kappa shape index (κ3) is 3.10. The molecule has 1 aliphatic heterocycles. The fourth-order valence-corrected chi connectivity index (χ4v) is 2.81. The number of hydrogen-bond donors (Lipinski definition) is 1. The lowest BCUT2D eigenvalue weighted by atomic mass is 9.94. The minimum atomic E-state index is 0.0516. The van der Waals surface area contributed by atoms with Crippen LogP contribution >= 0.6 is 0 Å². The predicted molar refractivity (Wildman–Crippen MR) is 77.7 cm³/mol. The van der Waals surface area contributed by atoms with Crippen LogP contribution in [0.5, 0.6) is 5.75 Å². The van der Waals surface area contributed by atoms with E-state index >= 15 is 0 Å². The lowest BCUT2D eigenvalue weighted by Gasteiger charge is -2.41. The van der Waals surface area contributed by atoms with E-state index in [1.54, 1.807) is 7.11 Å². The summed E-state index contributed by atoms with van der Waals surface area (Å²) in [5, 5.41) is 3.61. The van der Waals surface area contributed by atoms with Crippen molar-refractivity contribution in [2.45, 2.75) is 51.8 Å². The van der Waals surface area contributed by atoms with Gasteiger partial charge in [-0.05, 0) is 50.5 Å². The van der Waals surface area contributed by atoms with Gasteiger partial charge in [-0.2, -0.15) is 0 Å². The first kappa shape index (κ1) is 14.4. The van der Waals surface area contributed by atoms with Gasteiger partial charge in [-0.15, -0.1) is 0 Å². The van der Waals surface area contributed by atoms with E-state index in [-0.39, 0.29) is 11.6 Å². The highest BCUT2D eigenvalue weighted by molar-refractivity contribution is 5.38. The normalized spacial score (nSPS) is 26.2. The monoisotopic (exact) mass is 263 g/mol. The zero-order chi connectivity index (χ0) is 14.0. The molecule has 1 aliphatic rings. The molecule has 1 N–H and O–H groups in total. The van der Waals surface area contributed by atoms with Crippen molar-refractivity contribution >= 4 is 0 Å². The molecule has 19 heavy (non-hydrogen) atoms. The van der Waals surface area contributed by atoms with Crippen LogP contribution in [0.4, 0.5) is 0 Å². The summed E-state index contributed by atoms with van der Waals surface area (Å²) in [6.45, 7) is 9.40. The third-order valence-corrected chi connectivity index (χ3v) is 3.71. The van der Waals surface area contributed by atoms with Crippen molar-refractivity contribution in [2.24, 2.45) is 0 Å². The molecule has 1 aromatic rings. The Morgan fingerprint density at radius 1 is 1.42 bits per heavy atom. The summed E-state index contributed by atoms with van der Waals surface area (Å²) in [5.74, 6) is 0.961. The maximum atomic E-state index is 6.06. The van der Waals surface area contributed by atoms with Crippen molar-refractivity contribution in [1.82, 2.24) is 5.32 Å². The maximum absolute atomic E-state index is 6.06. The van der Waals surface area contributed by atoms with Crippen LogP contribution in [0.1, 0.15) is 44.9 Å². The molecule has 0 spiro atoms. The van der Waals surface area contributed by atoms with Gasteiger partial charge in [-0.25, -0.2) is 0 Å². The van der Waals surface area contributed by atoms with Crippen LogP contribution in [0.15, 0.2) is 18.2 Å². The molecule has 1 heterocycles. The Hall–Kier alpha value is -1.06. The van der Waals surface area contributed by atoms with Gasteiger partial charge in [0.1, 0.15) is 5.75 Å². The summed E-state index contributed by atoms with van der Waals surface area (Å²) in [7, 11) is 1.72. The first-order chi connectivity index (χ1) is 8.96. The van der Waals surface area contributed by atoms with Gasteiger partial charge >= 0.3 is 0 Å². The van der Waals surface area contributed by atoms with E-state index < -0.39 is 0 Å². The molecule has 0 amide bonds. The van der Waals surface area contributed by atoms with Gasteiger partial charge in [-0.3, -0.25) is 0 Å². The number of benzene rings is 1. The fourth-order valence-electron chi connectivity index (χ4n) is 2.81. The molecule has 0 radical (unpaired) electrons. The second-order valence-corrected chi connectivity index (χ2v) is 5.97. The summed E-state index contributed by atoms with van der Waals surface area (Å²) in [4.78, 5) is 0. The van der Waals surface area contributed by atoms with Gasteiger partial charge in [0.25, 0.3) is 0 Å². The minimum Gasteiger partial charge on any atom is -0.496 e. The van der Waals surface area contributed by atoms with Gasteiger partial charge in [0.05, 0.1) is 19.8 Å². The molecule has 2 unspecified atom stereocenters. The molecule has 1 fully saturated rings. The molecule has 0 aliphatic carbocycles. The van der Waals surface area contributed by atoms with E-state index in [1.807, 2.05) is 6.07 Å². The Bertz CT molecular complexity index is 442. The van der Waals surface area contributed by atoms with Crippen LogP contribution < -0.4 is 10.1 Å². The van der Waals surface area contributed by atoms with E-state index in [4.69, 9.17) is 9.47 Å². The van der Waals surface area contributed by atoms with Crippen molar-refractivity contribution in [3.63, 3.8) is 0 Å². The lowest BCUT2D eigenvalue weighted by molar-refractivity contribution is -0.0496. The largest absolute Gasteiger partial charge is 0.496 e. The average molecular weight is 263 g/mol. The minimum absolute atomic E-state index is 0.0516. The first-order valence-corrected chi connectivity index (χ1v) is 7.03. The number of methoxy groups -OCH3 is 1. The SMILES string of the molecule is CCc1cc(C2OCC(C)(C)NC2C)ccc1OC. The molecule has 3 nitrogen and oxygen atoms in total. The summed E-state index contributed by atoms with van der Waals surface area (Å²) < 4.78 is 11.4. The smallest absolute Gasteiger partial charge is 0.122 e. The van der Waals surface area contributed by atoms with Crippen molar-refractivity contribution < 1.29 is 9.47 Å². The molecule has 1 aromatic carbocycles. The summed E-state index contributed by atoms with van der Waals surface area (Å²) >= 11 is 0. The highest BCUT2D eigenvalue weighted by atomic mass is 16.5. The van der Waals surface area contributed by atoms with E-state index in [0.29, 0.717) is 6.04 Å². The third-order valence-electron chi connectivity index (χ3n) is 3.71. The lowest BCUT2D eigenvalue weighted by Crippen LogP contribution is -2.55. The molecule has 0 aromatic heterocycles. The van der Waals surface area contributed by atoms with Gasteiger partial charge in [-0.1, -0.05) is 13.0 Å². The van der Waals surface area contributed by atoms with Crippen LogP contribution in [-0.4, -0.2) is 25.3 Å². The molecular formula is C16H25NO2. The first-order valence-electron chi connectivity index (χ1n) is 7.03. The van der Waals surface area contributed by atoms with Gasteiger partial charge in [0.2, 0.25) is 0 Å². The zero-order valence-corrected chi connectivity index (χ0v) is 12.6. The van der Waals surface area contributed by atoms with Gasteiger partial charge in [0.15, 0.2) is 0 Å². The Labute approximate surface area is 116 Å². The molecular weight excluding hydrogens is 238 g/mol. The summed E-state index contributed by atoms with van der Waals surface area (Å²) in [5.41, 5.74) is 2.52. The van der Waals surface area contributed by atoms with Crippen LogP contribution in [0, 0.1) is 0 Å². The number of hydrogen-bond acceptors (Lipinski definition) is 3. The maximum Gasteiger partial charge on any atom is 0.122 e. The van der Waals surface area contributed by atoms with Crippen LogP contribution in [0.3, 0.4) is 0 Å². The van der Waals surface area contributed by atoms with E-state index in [0.717, 1.165) is 18.8 Å². The zero-order valence-electron chi connectivity index (χ0n) is 12.6. The molecule has 1 saturated heterocycles. The van der Waals surface area contributed by atoms with Crippen molar-refractivity contribution in [3.05, 3.63) is 29.3 Å². The number of ether oxygens (including phenoxy) is 2. The van der Waals surface area contributed by atoms with Gasteiger partial charge < -0.3 is 14.8 Å². The number of aryl methyl sites for hydroxylation is 1. The molecule has 0 saturated carbocycles.